The van der Waals surface area contributed by atoms with Gasteiger partial charge in [-0.3, -0.25) is 9.59 Å². The van der Waals surface area contributed by atoms with Crippen LogP contribution in [0.25, 0.3) is 0 Å². The second-order valence-electron chi connectivity index (χ2n) is 19.7. The van der Waals surface area contributed by atoms with Gasteiger partial charge in [0.25, 0.3) is 0 Å². The molecule has 6 heteroatoms. The fourth-order valence-corrected chi connectivity index (χ4v) is 8.85. The highest BCUT2D eigenvalue weighted by molar-refractivity contribution is 5.77. The number of esters is 1. The first kappa shape index (κ1) is 63.1. The zero-order chi connectivity index (χ0) is 47.4. The zero-order valence-electron chi connectivity index (χ0n) is 43.6. The molecule has 3 atom stereocenters. The summed E-state index contributed by atoms with van der Waals surface area (Å²) in [4.78, 5) is 26.2. The monoisotopic (exact) mass is 914 g/mol. The lowest BCUT2D eigenvalue weighted by Crippen LogP contribution is -2.46. The normalized spacial score (nSPS) is 13.4. The summed E-state index contributed by atoms with van der Waals surface area (Å²) in [6.45, 7) is 6.47. The van der Waals surface area contributed by atoms with Crippen LogP contribution in [-0.4, -0.2) is 46.9 Å². The number of ether oxygens (including phenoxy) is 1. The van der Waals surface area contributed by atoms with E-state index in [9.17, 15) is 19.8 Å². The molecule has 0 radical (unpaired) electrons. The van der Waals surface area contributed by atoms with E-state index in [0.717, 1.165) is 70.6 Å². The van der Waals surface area contributed by atoms with Gasteiger partial charge in [0.2, 0.25) is 5.91 Å². The second-order valence-corrected chi connectivity index (χ2v) is 19.7. The highest BCUT2D eigenvalue weighted by Crippen LogP contribution is 2.18. The van der Waals surface area contributed by atoms with Crippen molar-refractivity contribution in [2.24, 2.45) is 0 Å². The van der Waals surface area contributed by atoms with Gasteiger partial charge in [-0.25, -0.2) is 0 Å². The Morgan fingerprint density at radius 3 is 1.20 bits per heavy atom. The van der Waals surface area contributed by atoms with Gasteiger partial charge in [-0.05, 0) is 64.2 Å². The molecule has 0 bridgehead atoms. The Balaban J connectivity index is 4.55. The summed E-state index contributed by atoms with van der Waals surface area (Å²) < 4.78 is 5.94. The van der Waals surface area contributed by atoms with Crippen LogP contribution in [0.4, 0.5) is 0 Å². The molecule has 0 saturated heterocycles. The van der Waals surface area contributed by atoms with Crippen molar-refractivity contribution < 1.29 is 24.5 Å². The topological polar surface area (TPSA) is 95.9 Å². The minimum Gasteiger partial charge on any atom is -0.462 e. The van der Waals surface area contributed by atoms with Gasteiger partial charge in [-0.1, -0.05) is 263 Å². The molecule has 382 valence electrons. The van der Waals surface area contributed by atoms with Gasteiger partial charge in [0, 0.05) is 6.42 Å². The predicted molar refractivity (Wildman–Crippen MR) is 282 cm³/mol. The van der Waals surface area contributed by atoms with Crippen LogP contribution in [0.5, 0.6) is 0 Å². The third-order valence-corrected chi connectivity index (χ3v) is 13.2. The lowest BCUT2D eigenvalue weighted by atomic mass is 10.0. The summed E-state index contributed by atoms with van der Waals surface area (Å²) in [5.41, 5.74) is 0. The first-order valence-electron chi connectivity index (χ1n) is 28.7. The highest BCUT2D eigenvalue weighted by atomic mass is 16.5. The minimum absolute atomic E-state index is 0.0560. The molecule has 1 amide bonds. The summed E-state index contributed by atoms with van der Waals surface area (Å²) in [6.07, 6.45) is 63.6. The Morgan fingerprint density at radius 2 is 0.785 bits per heavy atom. The SMILES string of the molecule is CCCCC/C=C\C/C=C\C/C=C\CCCCC(CC(=O)NC(CO)C(O)CCCCCCCCCCCCCC)OC(=O)CCCCCCCCCCCCCCCCCCCCC. The number of nitrogens with one attached hydrogen (secondary N) is 1. The summed E-state index contributed by atoms with van der Waals surface area (Å²) >= 11 is 0. The molecule has 0 aromatic rings. The Labute approximate surface area is 404 Å². The maximum atomic E-state index is 13.2. The smallest absolute Gasteiger partial charge is 0.306 e. The van der Waals surface area contributed by atoms with E-state index in [-0.39, 0.29) is 24.9 Å². The van der Waals surface area contributed by atoms with Crippen LogP contribution in [0.1, 0.15) is 303 Å². The molecule has 0 saturated carbocycles. The van der Waals surface area contributed by atoms with Crippen molar-refractivity contribution in [3.8, 4) is 0 Å². The van der Waals surface area contributed by atoms with Crippen LogP contribution < -0.4 is 5.32 Å². The quantitative estimate of drug-likeness (QED) is 0.0321. The largest absolute Gasteiger partial charge is 0.462 e. The molecule has 6 nitrogen and oxygen atoms in total. The van der Waals surface area contributed by atoms with Crippen molar-refractivity contribution in [1.29, 1.82) is 0 Å². The molecular weight excluding hydrogens is 803 g/mol. The van der Waals surface area contributed by atoms with Gasteiger partial charge in [0.1, 0.15) is 6.10 Å². The van der Waals surface area contributed by atoms with Crippen LogP contribution in [0.3, 0.4) is 0 Å². The van der Waals surface area contributed by atoms with E-state index < -0.39 is 18.2 Å². The average Bonchev–Trinajstić information content (AvgIpc) is 3.30. The lowest BCUT2D eigenvalue weighted by Gasteiger charge is -2.24. The standard InChI is InChI=1S/C59H111NO5/c1-4-7-10-13-16-19-22-25-27-28-29-30-32-34-37-40-43-46-49-52-59(64)65-55(50-47-44-41-38-35-33-31-26-23-20-17-14-11-8-5-2)53-58(63)60-56(54-61)57(62)51-48-45-42-39-36-24-21-18-15-12-9-6-3/h17,20,26,31,35,38,55-57,61-62H,4-16,18-19,21-25,27-30,32-34,36-37,39-54H2,1-3H3,(H,60,63)/b20-17-,31-26-,38-35-. The molecule has 65 heavy (non-hydrogen) atoms. The van der Waals surface area contributed by atoms with E-state index in [1.807, 2.05) is 0 Å². The van der Waals surface area contributed by atoms with Crippen LogP contribution in [0, 0.1) is 0 Å². The van der Waals surface area contributed by atoms with Crippen molar-refractivity contribution in [3.05, 3.63) is 36.5 Å². The summed E-state index contributed by atoms with van der Waals surface area (Å²) in [6, 6.07) is -0.711. The number of hydrogen-bond acceptors (Lipinski definition) is 5. The molecule has 0 aliphatic carbocycles. The van der Waals surface area contributed by atoms with Gasteiger partial charge in [0.05, 0.1) is 25.2 Å². The molecule has 0 aliphatic rings. The maximum absolute atomic E-state index is 13.2. The molecule has 0 aliphatic heterocycles. The van der Waals surface area contributed by atoms with E-state index in [1.54, 1.807) is 0 Å². The van der Waals surface area contributed by atoms with Gasteiger partial charge >= 0.3 is 5.97 Å². The third-order valence-electron chi connectivity index (χ3n) is 13.2. The van der Waals surface area contributed by atoms with E-state index >= 15 is 0 Å². The Hall–Kier alpha value is -1.92. The van der Waals surface area contributed by atoms with Crippen LogP contribution in [0.2, 0.25) is 0 Å². The lowest BCUT2D eigenvalue weighted by molar-refractivity contribution is -0.151. The van der Waals surface area contributed by atoms with Gasteiger partial charge in [-0.2, -0.15) is 0 Å². The molecule has 0 spiro atoms. The number of unbranched alkanes of at least 4 members (excludes halogenated alkanes) is 34. The third kappa shape index (κ3) is 48.3. The molecule has 3 N–H and O–H groups in total. The van der Waals surface area contributed by atoms with Gasteiger partial charge in [0.15, 0.2) is 0 Å². The van der Waals surface area contributed by atoms with E-state index in [0.29, 0.717) is 19.3 Å². The van der Waals surface area contributed by atoms with E-state index in [2.05, 4.69) is 62.5 Å². The Kier molecular flexibility index (Phi) is 51.5. The first-order chi connectivity index (χ1) is 32.0. The summed E-state index contributed by atoms with van der Waals surface area (Å²) in [5, 5.41) is 23.8. The fraction of sp³-hybridized carbons (Fsp3) is 0.864. The zero-order valence-corrected chi connectivity index (χ0v) is 43.6. The number of carbonyl (C=O) groups is 2. The summed E-state index contributed by atoms with van der Waals surface area (Å²) in [5.74, 6) is -0.496. The molecule has 0 aromatic carbocycles. The van der Waals surface area contributed by atoms with Gasteiger partial charge < -0.3 is 20.3 Å². The van der Waals surface area contributed by atoms with Crippen LogP contribution in [0.15, 0.2) is 36.5 Å². The van der Waals surface area contributed by atoms with Gasteiger partial charge in [-0.15, -0.1) is 0 Å². The molecule has 0 heterocycles. The predicted octanol–water partition coefficient (Wildman–Crippen LogP) is 17.6. The number of allylic oxidation sites excluding steroid dienone is 6. The number of carbonyl (C=O) groups excluding carboxylic acids is 2. The van der Waals surface area contributed by atoms with Crippen molar-refractivity contribution in [2.75, 3.05) is 6.61 Å². The Bertz CT molecular complexity index is 1070. The number of amides is 1. The van der Waals surface area contributed by atoms with Crippen molar-refractivity contribution in [2.45, 2.75) is 322 Å². The molecule has 0 rings (SSSR count). The van der Waals surface area contributed by atoms with E-state index in [1.165, 1.54) is 186 Å². The molecule has 3 unspecified atom stereocenters. The van der Waals surface area contributed by atoms with Crippen LogP contribution in [-0.2, 0) is 14.3 Å². The Morgan fingerprint density at radius 1 is 0.446 bits per heavy atom. The first-order valence-corrected chi connectivity index (χ1v) is 28.7. The van der Waals surface area contributed by atoms with E-state index in [4.69, 9.17) is 4.74 Å². The average molecular weight is 915 g/mol. The van der Waals surface area contributed by atoms with Crippen LogP contribution >= 0.6 is 0 Å². The maximum Gasteiger partial charge on any atom is 0.306 e. The number of hydrogen-bond donors (Lipinski definition) is 3. The fourth-order valence-electron chi connectivity index (χ4n) is 8.85. The molecular formula is C59H111NO5. The molecule has 0 aromatic heterocycles. The minimum atomic E-state index is -0.795. The second kappa shape index (κ2) is 53.0. The number of aliphatic hydroxyl groups excluding tert-OH is 2. The highest BCUT2D eigenvalue weighted by Gasteiger charge is 2.24. The van der Waals surface area contributed by atoms with Crippen molar-refractivity contribution in [1.82, 2.24) is 5.32 Å². The van der Waals surface area contributed by atoms with Crippen molar-refractivity contribution in [3.63, 3.8) is 0 Å². The number of rotatable bonds is 52. The summed E-state index contributed by atoms with van der Waals surface area (Å²) in [7, 11) is 0. The van der Waals surface area contributed by atoms with Crippen molar-refractivity contribution >= 4 is 11.9 Å². The number of aliphatic hydroxyl groups is 2. The molecule has 0 fully saturated rings.